The van der Waals surface area contributed by atoms with Gasteiger partial charge in [0.1, 0.15) is 17.2 Å². The van der Waals surface area contributed by atoms with Gasteiger partial charge in [-0.05, 0) is 36.4 Å². The van der Waals surface area contributed by atoms with Crippen LogP contribution in [0.5, 0.6) is 11.5 Å². The Morgan fingerprint density at radius 1 is 1.08 bits per heavy atom. The zero-order valence-corrected chi connectivity index (χ0v) is 14.3. The number of carbonyl (C=O) groups excluding carboxylic acids is 1. The van der Waals surface area contributed by atoms with E-state index in [0.717, 1.165) is 16.7 Å². The molecule has 0 bridgehead atoms. The predicted octanol–water partition coefficient (Wildman–Crippen LogP) is 4.10. The highest BCUT2D eigenvalue weighted by Crippen LogP contribution is 2.30. The molecule has 5 nitrogen and oxygen atoms in total. The molecular weight excluding hydrogens is 328 g/mol. The summed E-state index contributed by atoms with van der Waals surface area (Å²) in [4.78, 5) is 12.7. The van der Waals surface area contributed by atoms with Crippen molar-refractivity contribution in [1.82, 2.24) is 4.57 Å². The van der Waals surface area contributed by atoms with Crippen LogP contribution in [-0.2, 0) is 7.05 Å². The summed E-state index contributed by atoms with van der Waals surface area (Å²) in [6.07, 6.45) is 0. The van der Waals surface area contributed by atoms with Crippen molar-refractivity contribution in [3.63, 3.8) is 0 Å². The average Bonchev–Trinajstić information content (AvgIpc) is 2.92. The molecule has 0 aliphatic rings. The number of hydrogen-bond acceptors (Lipinski definition) is 3. The number of halogens is 1. The normalized spacial score (nSPS) is 10.7. The van der Waals surface area contributed by atoms with E-state index in [2.05, 4.69) is 5.32 Å². The van der Waals surface area contributed by atoms with Crippen LogP contribution in [0.3, 0.4) is 0 Å². The summed E-state index contributed by atoms with van der Waals surface area (Å²) in [5, 5.41) is 4.25. The van der Waals surface area contributed by atoms with Gasteiger partial charge in [-0.15, -0.1) is 0 Å². The lowest BCUT2D eigenvalue weighted by Gasteiger charge is -2.11. The summed E-state index contributed by atoms with van der Waals surface area (Å²) in [7, 11) is 4.99. The van der Waals surface area contributed by atoms with Crippen molar-refractivity contribution in [2.45, 2.75) is 0 Å². The maximum absolute atomic E-state index is 12.7. The van der Waals surface area contributed by atoms with Crippen LogP contribution in [0.4, 0.5) is 5.69 Å². The Labute approximate surface area is 144 Å². The second-order valence-electron chi connectivity index (χ2n) is 5.28. The maximum Gasteiger partial charge on any atom is 0.272 e. The largest absolute Gasteiger partial charge is 0.496 e. The molecule has 124 valence electrons. The van der Waals surface area contributed by atoms with Crippen molar-refractivity contribution in [1.29, 1.82) is 0 Å². The fraction of sp³-hybridized carbons (Fsp3) is 0.167. The Morgan fingerprint density at radius 2 is 1.83 bits per heavy atom. The Bertz CT molecular complexity index is 918. The van der Waals surface area contributed by atoms with E-state index in [9.17, 15) is 4.79 Å². The molecule has 0 atom stereocenters. The molecule has 0 radical (unpaired) electrons. The van der Waals surface area contributed by atoms with E-state index in [1.165, 1.54) is 0 Å². The Balaban J connectivity index is 2.01. The Hall–Kier alpha value is -2.66. The molecule has 24 heavy (non-hydrogen) atoms. The SMILES string of the molecule is COc1ccc(Cl)cc1NC(=O)c1cc2c(OC)cccc2n1C. The van der Waals surface area contributed by atoms with Gasteiger partial charge in [-0.1, -0.05) is 17.7 Å². The fourth-order valence-corrected chi connectivity index (χ4v) is 2.87. The maximum atomic E-state index is 12.7. The van der Waals surface area contributed by atoms with Gasteiger partial charge in [0.15, 0.2) is 0 Å². The van der Waals surface area contributed by atoms with Crippen LogP contribution in [0, 0.1) is 0 Å². The van der Waals surface area contributed by atoms with E-state index in [4.69, 9.17) is 21.1 Å². The number of nitrogens with zero attached hydrogens (tertiary/aromatic N) is 1. The summed E-state index contributed by atoms with van der Waals surface area (Å²) in [5.41, 5.74) is 1.95. The number of benzene rings is 2. The van der Waals surface area contributed by atoms with Crippen molar-refractivity contribution < 1.29 is 14.3 Å². The fourth-order valence-electron chi connectivity index (χ4n) is 2.69. The minimum atomic E-state index is -0.253. The second-order valence-corrected chi connectivity index (χ2v) is 5.72. The van der Waals surface area contributed by atoms with Gasteiger partial charge in [0.05, 0.1) is 25.4 Å². The predicted molar refractivity (Wildman–Crippen MR) is 95.4 cm³/mol. The van der Waals surface area contributed by atoms with Gasteiger partial charge in [-0.2, -0.15) is 0 Å². The van der Waals surface area contributed by atoms with E-state index in [1.807, 2.05) is 29.8 Å². The average molecular weight is 345 g/mol. The van der Waals surface area contributed by atoms with Crippen LogP contribution in [0.2, 0.25) is 5.02 Å². The first-order valence-electron chi connectivity index (χ1n) is 7.32. The van der Waals surface area contributed by atoms with Gasteiger partial charge in [-0.3, -0.25) is 4.79 Å². The van der Waals surface area contributed by atoms with E-state index in [-0.39, 0.29) is 5.91 Å². The molecule has 3 rings (SSSR count). The van der Waals surface area contributed by atoms with Crippen LogP contribution in [0.15, 0.2) is 42.5 Å². The summed E-state index contributed by atoms with van der Waals surface area (Å²) in [6, 6.07) is 12.6. The molecule has 0 fully saturated rings. The second kappa shape index (κ2) is 6.45. The van der Waals surface area contributed by atoms with E-state index in [0.29, 0.717) is 22.2 Å². The summed E-state index contributed by atoms with van der Waals surface area (Å²) in [6.45, 7) is 0. The van der Waals surface area contributed by atoms with Crippen molar-refractivity contribution in [2.75, 3.05) is 19.5 Å². The lowest BCUT2D eigenvalue weighted by molar-refractivity contribution is 0.101. The molecule has 1 amide bonds. The lowest BCUT2D eigenvalue weighted by Crippen LogP contribution is -2.16. The summed E-state index contributed by atoms with van der Waals surface area (Å²) in [5.74, 6) is 1.02. The zero-order chi connectivity index (χ0) is 17.3. The van der Waals surface area contributed by atoms with Crippen molar-refractivity contribution in [3.8, 4) is 11.5 Å². The zero-order valence-electron chi connectivity index (χ0n) is 13.6. The first-order valence-corrected chi connectivity index (χ1v) is 7.70. The molecule has 2 aromatic carbocycles. The smallest absolute Gasteiger partial charge is 0.272 e. The minimum absolute atomic E-state index is 0.253. The molecule has 1 aromatic heterocycles. The van der Waals surface area contributed by atoms with Crippen molar-refractivity contribution in [2.24, 2.45) is 7.05 Å². The van der Waals surface area contributed by atoms with Gasteiger partial charge in [0.25, 0.3) is 5.91 Å². The third-order valence-electron chi connectivity index (χ3n) is 3.91. The first kappa shape index (κ1) is 16.2. The standard InChI is InChI=1S/C18H17ClN2O3/c1-21-14-5-4-6-16(23-2)12(14)10-15(21)18(22)20-13-9-11(19)7-8-17(13)24-3/h4-10H,1-3H3,(H,20,22). The molecule has 3 aromatic rings. The number of nitrogens with one attached hydrogen (secondary N) is 1. The summed E-state index contributed by atoms with van der Waals surface area (Å²) < 4.78 is 12.4. The monoisotopic (exact) mass is 344 g/mol. The van der Waals surface area contributed by atoms with Gasteiger partial charge in [-0.25, -0.2) is 0 Å². The van der Waals surface area contributed by atoms with Crippen LogP contribution in [-0.4, -0.2) is 24.7 Å². The van der Waals surface area contributed by atoms with Gasteiger partial charge in [0, 0.05) is 17.5 Å². The number of carbonyl (C=O) groups is 1. The Kier molecular flexibility index (Phi) is 4.36. The highest BCUT2D eigenvalue weighted by atomic mass is 35.5. The number of rotatable bonds is 4. The van der Waals surface area contributed by atoms with Crippen LogP contribution in [0.25, 0.3) is 10.9 Å². The highest BCUT2D eigenvalue weighted by molar-refractivity contribution is 6.31. The first-order chi connectivity index (χ1) is 11.5. The van der Waals surface area contributed by atoms with E-state index >= 15 is 0 Å². The lowest BCUT2D eigenvalue weighted by atomic mass is 10.2. The van der Waals surface area contributed by atoms with Crippen LogP contribution >= 0.6 is 11.6 Å². The van der Waals surface area contributed by atoms with Gasteiger partial charge >= 0.3 is 0 Å². The molecule has 0 unspecified atom stereocenters. The number of methoxy groups -OCH3 is 2. The van der Waals surface area contributed by atoms with Crippen LogP contribution in [0.1, 0.15) is 10.5 Å². The third kappa shape index (κ3) is 2.78. The molecule has 1 N–H and O–H groups in total. The number of aromatic nitrogens is 1. The number of amides is 1. The molecule has 0 saturated heterocycles. The topological polar surface area (TPSA) is 52.5 Å². The molecule has 6 heteroatoms. The van der Waals surface area contributed by atoms with Gasteiger partial charge < -0.3 is 19.4 Å². The number of hydrogen-bond donors (Lipinski definition) is 1. The quantitative estimate of drug-likeness (QED) is 0.775. The molecule has 0 aliphatic heterocycles. The summed E-state index contributed by atoms with van der Waals surface area (Å²) >= 11 is 6.01. The number of aryl methyl sites for hydroxylation is 1. The Morgan fingerprint density at radius 3 is 2.54 bits per heavy atom. The molecular formula is C18H17ClN2O3. The molecule has 0 aliphatic carbocycles. The molecule has 0 spiro atoms. The van der Waals surface area contributed by atoms with Crippen LogP contribution < -0.4 is 14.8 Å². The van der Waals surface area contributed by atoms with Gasteiger partial charge in [0.2, 0.25) is 0 Å². The van der Waals surface area contributed by atoms with E-state index < -0.39 is 0 Å². The van der Waals surface area contributed by atoms with Crippen molar-refractivity contribution >= 4 is 34.1 Å². The molecule has 0 saturated carbocycles. The minimum Gasteiger partial charge on any atom is -0.496 e. The third-order valence-corrected chi connectivity index (χ3v) is 4.14. The number of anilines is 1. The number of fused-ring (bicyclic) bond motifs is 1. The molecule has 1 heterocycles. The van der Waals surface area contributed by atoms with Crippen molar-refractivity contribution in [3.05, 3.63) is 53.2 Å². The van der Waals surface area contributed by atoms with E-state index in [1.54, 1.807) is 38.5 Å². The highest BCUT2D eigenvalue weighted by Gasteiger charge is 2.17. The number of ether oxygens (including phenoxy) is 2.